The topological polar surface area (TPSA) is 55.4 Å². The van der Waals surface area contributed by atoms with Gasteiger partial charge in [-0.05, 0) is 0 Å². The zero-order chi connectivity index (χ0) is 12.1. The maximum absolute atomic E-state index is 5.64. The summed E-state index contributed by atoms with van der Waals surface area (Å²) in [4.78, 5) is 0. The molecule has 1 aliphatic heterocycles. The second-order valence-corrected chi connectivity index (χ2v) is 3.67. The number of hydrogen-bond acceptors (Lipinski definition) is 6. The van der Waals surface area contributed by atoms with Gasteiger partial charge in [-0.3, -0.25) is 0 Å². The molecule has 96 valence electrons. The molecule has 0 bridgehead atoms. The third-order valence-electron chi connectivity index (χ3n) is 2.58. The molecule has 0 aliphatic carbocycles. The summed E-state index contributed by atoms with van der Waals surface area (Å²) in [6.45, 7) is 1.07. The van der Waals surface area contributed by atoms with Crippen molar-refractivity contribution in [2.24, 2.45) is 0 Å². The molecule has 0 radical (unpaired) electrons. The van der Waals surface area contributed by atoms with Crippen LogP contribution in [0, 0.1) is 0 Å². The minimum absolute atomic E-state index is 0.231. The smallest absolute Gasteiger partial charge is 0.216 e. The van der Waals surface area contributed by atoms with E-state index >= 15 is 0 Å². The summed E-state index contributed by atoms with van der Waals surface area (Å²) in [5.74, 6) is -1.71. The predicted octanol–water partition coefficient (Wildman–Crippen LogP) is 0.0114. The molecule has 0 saturated carbocycles. The summed E-state index contributed by atoms with van der Waals surface area (Å²) in [5, 5.41) is 0. The Hall–Kier alpha value is -0.240. The molecule has 1 rings (SSSR count). The van der Waals surface area contributed by atoms with E-state index in [0.717, 1.165) is 0 Å². The SMILES string of the molecule is COCC1(OC)COC(COC)(OC)CO1. The minimum Gasteiger partial charge on any atom is -0.379 e. The molecule has 0 N–H and O–H groups in total. The van der Waals surface area contributed by atoms with Gasteiger partial charge < -0.3 is 28.4 Å². The van der Waals surface area contributed by atoms with Crippen molar-refractivity contribution in [3.05, 3.63) is 0 Å². The van der Waals surface area contributed by atoms with Gasteiger partial charge in [-0.25, -0.2) is 0 Å². The second kappa shape index (κ2) is 5.90. The van der Waals surface area contributed by atoms with Crippen LogP contribution in [0.2, 0.25) is 0 Å². The Morgan fingerprint density at radius 2 is 1.19 bits per heavy atom. The first-order valence-electron chi connectivity index (χ1n) is 5.02. The average molecular weight is 236 g/mol. The van der Waals surface area contributed by atoms with Gasteiger partial charge in [-0.2, -0.15) is 0 Å². The third kappa shape index (κ3) is 2.91. The molecular formula is C10H20O6. The molecule has 1 aliphatic rings. The second-order valence-electron chi connectivity index (χ2n) is 3.67. The fraction of sp³-hybridized carbons (Fsp3) is 1.00. The Bertz CT molecular complexity index is 177. The van der Waals surface area contributed by atoms with E-state index in [2.05, 4.69) is 0 Å². The lowest BCUT2D eigenvalue weighted by Crippen LogP contribution is -2.58. The quantitative estimate of drug-likeness (QED) is 0.647. The molecule has 1 heterocycles. The number of methoxy groups -OCH3 is 4. The van der Waals surface area contributed by atoms with Gasteiger partial charge in [0.2, 0.25) is 11.6 Å². The normalized spacial score (nSPS) is 35.2. The molecule has 1 saturated heterocycles. The fourth-order valence-corrected chi connectivity index (χ4v) is 1.53. The first-order valence-corrected chi connectivity index (χ1v) is 5.02. The van der Waals surface area contributed by atoms with Crippen molar-refractivity contribution in [3.63, 3.8) is 0 Å². The number of rotatable bonds is 6. The Balaban J connectivity index is 2.59. The van der Waals surface area contributed by atoms with Crippen LogP contribution in [-0.2, 0) is 28.4 Å². The molecule has 0 aromatic rings. The standard InChI is InChI=1S/C10H20O6/c1-11-5-9(13-3)7-16-10(14-4,6-12-2)8-15-9/h5-8H2,1-4H3. The van der Waals surface area contributed by atoms with Gasteiger partial charge >= 0.3 is 0 Å². The Labute approximate surface area is 95.7 Å². The Morgan fingerprint density at radius 1 is 0.812 bits per heavy atom. The average Bonchev–Trinajstić information content (AvgIpc) is 2.33. The third-order valence-corrected chi connectivity index (χ3v) is 2.58. The first kappa shape index (κ1) is 13.8. The van der Waals surface area contributed by atoms with E-state index in [9.17, 15) is 0 Å². The van der Waals surface area contributed by atoms with E-state index in [-0.39, 0.29) is 13.2 Å². The van der Waals surface area contributed by atoms with E-state index in [1.807, 2.05) is 0 Å². The number of hydrogen-bond donors (Lipinski definition) is 0. The molecule has 2 unspecified atom stereocenters. The van der Waals surface area contributed by atoms with Crippen LogP contribution in [0.15, 0.2) is 0 Å². The maximum Gasteiger partial charge on any atom is 0.216 e. The predicted molar refractivity (Wildman–Crippen MR) is 55.1 cm³/mol. The van der Waals surface area contributed by atoms with Gasteiger partial charge in [-0.15, -0.1) is 0 Å². The van der Waals surface area contributed by atoms with Gasteiger partial charge in [-0.1, -0.05) is 0 Å². The molecule has 6 nitrogen and oxygen atoms in total. The van der Waals surface area contributed by atoms with Crippen LogP contribution in [0.4, 0.5) is 0 Å². The molecule has 0 aromatic heterocycles. The van der Waals surface area contributed by atoms with Crippen molar-refractivity contribution < 1.29 is 28.4 Å². The van der Waals surface area contributed by atoms with Crippen molar-refractivity contribution in [2.75, 3.05) is 54.9 Å². The molecule has 0 aromatic carbocycles. The van der Waals surface area contributed by atoms with Gasteiger partial charge in [0.05, 0.1) is 0 Å². The van der Waals surface area contributed by atoms with Crippen molar-refractivity contribution >= 4 is 0 Å². The fourth-order valence-electron chi connectivity index (χ4n) is 1.53. The Kier molecular flexibility index (Phi) is 5.10. The van der Waals surface area contributed by atoms with Crippen molar-refractivity contribution in [2.45, 2.75) is 11.6 Å². The van der Waals surface area contributed by atoms with Gasteiger partial charge in [0.15, 0.2) is 0 Å². The summed E-state index contributed by atoms with van der Waals surface area (Å²) < 4.78 is 31.9. The molecular weight excluding hydrogens is 216 g/mol. The highest BCUT2D eigenvalue weighted by Crippen LogP contribution is 2.27. The van der Waals surface area contributed by atoms with Crippen LogP contribution in [-0.4, -0.2) is 66.4 Å². The monoisotopic (exact) mass is 236 g/mol. The van der Waals surface area contributed by atoms with E-state index in [1.54, 1.807) is 28.4 Å². The maximum atomic E-state index is 5.64. The molecule has 1 fully saturated rings. The van der Waals surface area contributed by atoms with Crippen molar-refractivity contribution in [1.29, 1.82) is 0 Å². The zero-order valence-corrected chi connectivity index (χ0v) is 10.3. The van der Waals surface area contributed by atoms with E-state index < -0.39 is 11.6 Å². The van der Waals surface area contributed by atoms with E-state index in [4.69, 9.17) is 28.4 Å². The van der Waals surface area contributed by atoms with Crippen LogP contribution >= 0.6 is 0 Å². The lowest BCUT2D eigenvalue weighted by Gasteiger charge is -2.43. The summed E-state index contributed by atoms with van der Waals surface area (Å²) in [6, 6.07) is 0. The van der Waals surface area contributed by atoms with Gasteiger partial charge in [0.1, 0.15) is 26.4 Å². The van der Waals surface area contributed by atoms with E-state index in [1.165, 1.54) is 0 Å². The van der Waals surface area contributed by atoms with Crippen LogP contribution in [0.1, 0.15) is 0 Å². The number of ether oxygens (including phenoxy) is 6. The lowest BCUT2D eigenvalue weighted by atomic mass is 10.2. The molecule has 2 atom stereocenters. The van der Waals surface area contributed by atoms with Crippen molar-refractivity contribution in [3.8, 4) is 0 Å². The summed E-state index contributed by atoms with van der Waals surface area (Å²) in [6.07, 6.45) is 0. The van der Waals surface area contributed by atoms with Crippen LogP contribution in [0.5, 0.6) is 0 Å². The summed E-state index contributed by atoms with van der Waals surface area (Å²) in [7, 11) is 6.27. The van der Waals surface area contributed by atoms with Crippen LogP contribution < -0.4 is 0 Å². The molecule has 0 spiro atoms. The van der Waals surface area contributed by atoms with Crippen LogP contribution in [0.3, 0.4) is 0 Å². The summed E-state index contributed by atoms with van der Waals surface area (Å²) in [5.41, 5.74) is 0. The highest BCUT2D eigenvalue weighted by Gasteiger charge is 2.45. The van der Waals surface area contributed by atoms with E-state index in [0.29, 0.717) is 13.2 Å². The van der Waals surface area contributed by atoms with Gasteiger partial charge in [0.25, 0.3) is 0 Å². The summed E-state index contributed by atoms with van der Waals surface area (Å²) >= 11 is 0. The van der Waals surface area contributed by atoms with Gasteiger partial charge in [0, 0.05) is 28.4 Å². The largest absolute Gasteiger partial charge is 0.379 e. The van der Waals surface area contributed by atoms with Crippen molar-refractivity contribution in [1.82, 2.24) is 0 Å². The van der Waals surface area contributed by atoms with Crippen LogP contribution in [0.25, 0.3) is 0 Å². The zero-order valence-electron chi connectivity index (χ0n) is 10.3. The highest BCUT2D eigenvalue weighted by molar-refractivity contribution is 4.80. The Morgan fingerprint density at radius 3 is 1.38 bits per heavy atom. The molecule has 16 heavy (non-hydrogen) atoms. The molecule has 6 heteroatoms. The molecule has 0 amide bonds. The first-order chi connectivity index (χ1) is 7.66. The highest BCUT2D eigenvalue weighted by atomic mass is 16.8. The minimum atomic E-state index is -0.857. The lowest BCUT2D eigenvalue weighted by molar-refractivity contribution is -0.389.